The van der Waals surface area contributed by atoms with Gasteiger partial charge in [-0.05, 0) is 31.2 Å². The normalized spacial score (nSPS) is 18.3. The Kier molecular flexibility index (Phi) is 5.17. The highest BCUT2D eigenvalue weighted by Gasteiger charge is 2.45. The minimum atomic E-state index is -0.157. The maximum atomic E-state index is 12.6. The predicted molar refractivity (Wildman–Crippen MR) is 73.2 cm³/mol. The number of ether oxygens (including phenoxy) is 1. The molecule has 0 aliphatic heterocycles. The molecule has 1 aliphatic carbocycles. The first-order valence-electron chi connectivity index (χ1n) is 6.81. The zero-order valence-electron chi connectivity index (χ0n) is 12.3. The smallest absolute Gasteiger partial charge is 0.228 e. The Morgan fingerprint density at radius 3 is 2.44 bits per heavy atom. The fraction of sp³-hybridized carbons (Fsp3) is 0.929. The van der Waals surface area contributed by atoms with E-state index in [2.05, 4.69) is 13.8 Å². The predicted octanol–water partition coefficient (Wildman–Crippen LogP) is 1.64. The van der Waals surface area contributed by atoms with Crippen LogP contribution < -0.4 is 5.73 Å². The number of nitrogens with zero attached hydrogens (tertiary/aromatic N) is 1. The summed E-state index contributed by atoms with van der Waals surface area (Å²) in [4.78, 5) is 14.4. The molecule has 1 aliphatic rings. The van der Waals surface area contributed by atoms with Gasteiger partial charge in [0.15, 0.2) is 0 Å². The van der Waals surface area contributed by atoms with Crippen LogP contribution in [0.15, 0.2) is 0 Å². The molecule has 1 saturated carbocycles. The van der Waals surface area contributed by atoms with Crippen LogP contribution in [0.2, 0.25) is 0 Å². The van der Waals surface area contributed by atoms with E-state index in [-0.39, 0.29) is 16.7 Å². The quantitative estimate of drug-likeness (QED) is 0.753. The molecule has 0 aromatic rings. The van der Waals surface area contributed by atoms with Crippen molar-refractivity contribution in [2.75, 3.05) is 33.9 Å². The summed E-state index contributed by atoms with van der Waals surface area (Å²) in [6.45, 7) is 6.17. The van der Waals surface area contributed by atoms with Crippen LogP contribution in [0.1, 0.15) is 39.5 Å². The summed E-state index contributed by atoms with van der Waals surface area (Å²) in [7, 11) is 3.59. The summed E-state index contributed by atoms with van der Waals surface area (Å²) in [6, 6.07) is 0. The van der Waals surface area contributed by atoms with Crippen molar-refractivity contribution in [3.8, 4) is 0 Å². The number of hydrogen-bond acceptors (Lipinski definition) is 3. The largest absolute Gasteiger partial charge is 0.385 e. The molecule has 0 atom stereocenters. The molecule has 4 heteroatoms. The number of amides is 1. The minimum absolute atomic E-state index is 0.0173. The highest BCUT2D eigenvalue weighted by atomic mass is 16.5. The third kappa shape index (κ3) is 3.45. The van der Waals surface area contributed by atoms with E-state index in [0.29, 0.717) is 13.2 Å². The average molecular weight is 256 g/mol. The Balaban J connectivity index is 2.61. The maximum Gasteiger partial charge on any atom is 0.228 e. The molecule has 1 fully saturated rings. The van der Waals surface area contributed by atoms with E-state index in [1.54, 1.807) is 7.11 Å². The van der Waals surface area contributed by atoms with Crippen molar-refractivity contribution in [1.29, 1.82) is 0 Å². The van der Waals surface area contributed by atoms with Gasteiger partial charge < -0.3 is 15.4 Å². The van der Waals surface area contributed by atoms with E-state index >= 15 is 0 Å². The summed E-state index contributed by atoms with van der Waals surface area (Å²) < 4.78 is 5.13. The molecule has 0 unspecified atom stereocenters. The fourth-order valence-corrected chi connectivity index (χ4v) is 2.66. The molecule has 0 aromatic heterocycles. The van der Waals surface area contributed by atoms with Crippen LogP contribution in [0.3, 0.4) is 0 Å². The second-order valence-corrected chi connectivity index (χ2v) is 6.41. The highest BCUT2D eigenvalue weighted by Crippen LogP contribution is 2.45. The second kappa shape index (κ2) is 6.02. The zero-order valence-corrected chi connectivity index (χ0v) is 12.3. The van der Waals surface area contributed by atoms with Gasteiger partial charge in [-0.2, -0.15) is 0 Å². The second-order valence-electron chi connectivity index (χ2n) is 6.41. The lowest BCUT2D eigenvalue weighted by atomic mass is 9.65. The lowest BCUT2D eigenvalue weighted by Gasteiger charge is -2.44. The Labute approximate surface area is 111 Å². The van der Waals surface area contributed by atoms with Crippen molar-refractivity contribution in [2.24, 2.45) is 16.6 Å². The SMILES string of the molecule is COCCC1(C(=O)N(C)CC(C)(C)CN)CCC1. The van der Waals surface area contributed by atoms with Gasteiger partial charge in [0.05, 0.1) is 5.41 Å². The first-order valence-corrected chi connectivity index (χ1v) is 6.81. The molecule has 0 spiro atoms. The number of hydrogen-bond donors (Lipinski definition) is 1. The molecule has 2 N–H and O–H groups in total. The first-order chi connectivity index (χ1) is 8.37. The maximum absolute atomic E-state index is 12.6. The number of rotatable bonds is 7. The van der Waals surface area contributed by atoms with E-state index in [4.69, 9.17) is 10.5 Å². The molecular formula is C14H28N2O2. The molecular weight excluding hydrogens is 228 g/mol. The van der Waals surface area contributed by atoms with Crippen LogP contribution >= 0.6 is 0 Å². The van der Waals surface area contributed by atoms with Gasteiger partial charge in [-0.3, -0.25) is 4.79 Å². The molecule has 106 valence electrons. The fourth-order valence-electron chi connectivity index (χ4n) is 2.66. The Morgan fingerprint density at radius 1 is 1.44 bits per heavy atom. The van der Waals surface area contributed by atoms with Crippen molar-refractivity contribution in [3.63, 3.8) is 0 Å². The Bertz CT molecular complexity index is 286. The highest BCUT2D eigenvalue weighted by molar-refractivity contribution is 5.83. The summed E-state index contributed by atoms with van der Waals surface area (Å²) in [5, 5.41) is 0. The van der Waals surface area contributed by atoms with Crippen LogP contribution in [0.5, 0.6) is 0 Å². The number of carbonyl (C=O) groups is 1. The molecule has 0 bridgehead atoms. The van der Waals surface area contributed by atoms with Gasteiger partial charge in [-0.1, -0.05) is 20.3 Å². The average Bonchev–Trinajstić information content (AvgIpc) is 2.27. The van der Waals surface area contributed by atoms with Crippen molar-refractivity contribution in [3.05, 3.63) is 0 Å². The monoisotopic (exact) mass is 256 g/mol. The van der Waals surface area contributed by atoms with Gasteiger partial charge in [0.1, 0.15) is 0 Å². The molecule has 0 heterocycles. The van der Waals surface area contributed by atoms with Crippen LogP contribution in [0.25, 0.3) is 0 Å². The van der Waals surface area contributed by atoms with Gasteiger partial charge in [-0.15, -0.1) is 0 Å². The first kappa shape index (κ1) is 15.4. The third-order valence-corrected chi connectivity index (χ3v) is 4.11. The molecule has 4 nitrogen and oxygen atoms in total. The van der Waals surface area contributed by atoms with Crippen molar-refractivity contribution in [2.45, 2.75) is 39.5 Å². The summed E-state index contributed by atoms with van der Waals surface area (Å²) >= 11 is 0. The lowest BCUT2D eigenvalue weighted by molar-refractivity contribution is -0.148. The van der Waals surface area contributed by atoms with E-state index in [1.807, 2.05) is 11.9 Å². The molecule has 1 rings (SSSR count). The van der Waals surface area contributed by atoms with Gasteiger partial charge >= 0.3 is 0 Å². The summed E-state index contributed by atoms with van der Waals surface area (Å²) in [6.07, 6.45) is 4.00. The van der Waals surface area contributed by atoms with Gasteiger partial charge in [0.2, 0.25) is 5.91 Å². The summed E-state index contributed by atoms with van der Waals surface area (Å²) in [5.74, 6) is 0.271. The number of nitrogens with two attached hydrogens (primary N) is 1. The van der Waals surface area contributed by atoms with Gasteiger partial charge in [0.25, 0.3) is 0 Å². The lowest BCUT2D eigenvalue weighted by Crippen LogP contribution is -2.50. The molecule has 18 heavy (non-hydrogen) atoms. The van der Waals surface area contributed by atoms with Gasteiger partial charge in [0, 0.05) is 27.3 Å². The van der Waals surface area contributed by atoms with Crippen molar-refractivity contribution in [1.82, 2.24) is 4.90 Å². The third-order valence-electron chi connectivity index (χ3n) is 4.11. The number of methoxy groups -OCH3 is 1. The Hall–Kier alpha value is -0.610. The van der Waals surface area contributed by atoms with E-state index in [1.165, 1.54) is 0 Å². The van der Waals surface area contributed by atoms with Crippen molar-refractivity contribution < 1.29 is 9.53 Å². The van der Waals surface area contributed by atoms with Crippen LogP contribution in [-0.2, 0) is 9.53 Å². The molecule has 0 radical (unpaired) electrons. The zero-order chi connectivity index (χ0) is 13.8. The minimum Gasteiger partial charge on any atom is -0.385 e. The van der Waals surface area contributed by atoms with E-state index in [9.17, 15) is 4.79 Å². The standard InChI is InChI=1S/C14H28N2O2/c1-13(2,10-15)11-16(3)12(17)14(6-5-7-14)8-9-18-4/h5-11,15H2,1-4H3. The Morgan fingerprint density at radius 2 is 2.06 bits per heavy atom. The van der Waals surface area contributed by atoms with Gasteiger partial charge in [-0.25, -0.2) is 0 Å². The van der Waals surface area contributed by atoms with Crippen LogP contribution in [0, 0.1) is 10.8 Å². The van der Waals surface area contributed by atoms with Crippen molar-refractivity contribution >= 4 is 5.91 Å². The molecule has 0 saturated heterocycles. The topological polar surface area (TPSA) is 55.6 Å². The van der Waals surface area contributed by atoms with Crippen LogP contribution in [0.4, 0.5) is 0 Å². The summed E-state index contributed by atoms with van der Waals surface area (Å²) in [5.41, 5.74) is 5.56. The molecule has 1 amide bonds. The number of carbonyl (C=O) groups excluding carboxylic acids is 1. The molecule has 0 aromatic carbocycles. The van der Waals surface area contributed by atoms with E-state index < -0.39 is 0 Å². The van der Waals surface area contributed by atoms with E-state index in [0.717, 1.165) is 32.2 Å². The van der Waals surface area contributed by atoms with Crippen LogP contribution in [-0.4, -0.2) is 44.7 Å².